The van der Waals surface area contributed by atoms with Gasteiger partial charge in [0.15, 0.2) is 0 Å². The fraction of sp³-hybridized carbons (Fsp3) is 0.300. The second kappa shape index (κ2) is 6.61. The number of nitrogens with zero attached hydrogens (tertiary/aromatic N) is 2. The summed E-state index contributed by atoms with van der Waals surface area (Å²) in [5.74, 6) is -2.40. The van der Waals surface area contributed by atoms with E-state index in [2.05, 4.69) is 5.10 Å². The van der Waals surface area contributed by atoms with E-state index in [0.29, 0.717) is 40.4 Å². The lowest BCUT2D eigenvalue weighted by Crippen LogP contribution is -2.40. The van der Waals surface area contributed by atoms with Crippen molar-refractivity contribution in [3.63, 3.8) is 0 Å². The van der Waals surface area contributed by atoms with Crippen LogP contribution in [-0.2, 0) is 11.2 Å². The molecule has 2 aliphatic rings. The number of benzene rings is 2. The van der Waals surface area contributed by atoms with Gasteiger partial charge in [0.25, 0.3) is 0 Å². The van der Waals surface area contributed by atoms with E-state index >= 15 is 0 Å². The van der Waals surface area contributed by atoms with Gasteiger partial charge >= 0.3 is 12.1 Å². The average molecular weight is 392 g/mol. The van der Waals surface area contributed by atoms with Gasteiger partial charge in [-0.3, -0.25) is 4.79 Å². The molecule has 0 N–H and O–H groups in total. The highest BCUT2D eigenvalue weighted by molar-refractivity contribution is 6.07. The zero-order valence-electron chi connectivity index (χ0n) is 14.8. The van der Waals surface area contributed by atoms with Crippen molar-refractivity contribution in [2.24, 2.45) is 11.0 Å². The van der Waals surface area contributed by atoms with Gasteiger partial charge in [0.1, 0.15) is 11.6 Å². The Morgan fingerprint density at radius 1 is 1.18 bits per heavy atom. The maximum absolute atomic E-state index is 13.3. The summed E-state index contributed by atoms with van der Waals surface area (Å²) in [6.45, 7) is 0. The van der Waals surface area contributed by atoms with Crippen molar-refractivity contribution in [2.45, 2.75) is 25.1 Å². The summed E-state index contributed by atoms with van der Waals surface area (Å²) in [5.41, 5.74) is 2.45. The molecular weight excluding hydrogens is 376 g/mol. The van der Waals surface area contributed by atoms with Crippen LogP contribution in [0.3, 0.4) is 0 Å². The minimum Gasteiger partial charge on any atom is -0.497 e. The highest BCUT2D eigenvalue weighted by Crippen LogP contribution is 2.45. The van der Waals surface area contributed by atoms with E-state index < -0.39 is 29.9 Å². The van der Waals surface area contributed by atoms with Crippen LogP contribution in [0.15, 0.2) is 47.6 Å². The van der Waals surface area contributed by atoms with E-state index in [-0.39, 0.29) is 0 Å². The molecule has 2 atom stereocenters. The number of rotatable bonds is 2. The number of alkyl halides is 3. The molecule has 146 valence electrons. The van der Waals surface area contributed by atoms with Crippen LogP contribution in [0.1, 0.15) is 29.2 Å². The maximum atomic E-state index is 13.3. The van der Waals surface area contributed by atoms with E-state index in [9.17, 15) is 22.4 Å². The number of amides is 1. The average Bonchev–Trinajstić information content (AvgIpc) is 3.06. The van der Waals surface area contributed by atoms with Crippen LogP contribution in [0, 0.1) is 11.7 Å². The molecule has 4 nitrogen and oxygen atoms in total. The van der Waals surface area contributed by atoms with Gasteiger partial charge in [-0.2, -0.15) is 18.3 Å². The molecule has 0 spiro atoms. The topological polar surface area (TPSA) is 41.9 Å². The lowest BCUT2D eigenvalue weighted by molar-refractivity contribution is -0.188. The molecule has 2 aromatic carbocycles. The van der Waals surface area contributed by atoms with Gasteiger partial charge in [-0.15, -0.1) is 0 Å². The summed E-state index contributed by atoms with van der Waals surface area (Å²) in [7, 11) is 1.50. The van der Waals surface area contributed by atoms with Gasteiger partial charge in [0.2, 0.25) is 0 Å². The van der Waals surface area contributed by atoms with E-state index in [0.717, 1.165) is 5.56 Å². The Bertz CT molecular complexity index is 954. The van der Waals surface area contributed by atoms with Gasteiger partial charge in [0.05, 0.1) is 18.9 Å². The Labute approximate surface area is 158 Å². The third kappa shape index (κ3) is 3.02. The highest BCUT2D eigenvalue weighted by Gasteiger charge is 2.51. The van der Waals surface area contributed by atoms with E-state index in [1.807, 2.05) is 6.07 Å². The number of fused-ring (bicyclic) bond motifs is 3. The quantitative estimate of drug-likeness (QED) is 0.718. The first-order chi connectivity index (χ1) is 13.3. The number of hydrogen-bond donors (Lipinski definition) is 0. The fourth-order valence-corrected chi connectivity index (χ4v) is 3.91. The third-order valence-electron chi connectivity index (χ3n) is 5.19. The SMILES string of the molecule is COc1ccc2c(c1)C1=NN(C(=O)C(F)(F)F)[C@@H](c3ccc(F)cc3)[C@@H]1CC2. The van der Waals surface area contributed by atoms with Crippen molar-refractivity contribution in [2.75, 3.05) is 7.11 Å². The summed E-state index contributed by atoms with van der Waals surface area (Å²) in [5, 5.41) is 4.61. The van der Waals surface area contributed by atoms with Gasteiger partial charge in [-0.05, 0) is 48.2 Å². The van der Waals surface area contributed by atoms with Crippen LogP contribution in [0.25, 0.3) is 0 Å². The molecule has 0 bridgehead atoms. The lowest BCUT2D eigenvalue weighted by Gasteiger charge is -2.30. The minimum absolute atomic E-state index is 0.411. The zero-order valence-corrected chi connectivity index (χ0v) is 14.8. The van der Waals surface area contributed by atoms with Gasteiger partial charge < -0.3 is 4.74 Å². The smallest absolute Gasteiger partial charge is 0.473 e. The minimum atomic E-state index is -5.06. The predicted octanol–water partition coefficient (Wildman–Crippen LogP) is 4.25. The monoisotopic (exact) mass is 392 g/mol. The Morgan fingerprint density at radius 3 is 2.54 bits per heavy atom. The Balaban J connectivity index is 1.83. The molecule has 0 fully saturated rings. The third-order valence-corrected chi connectivity index (χ3v) is 5.19. The van der Waals surface area contributed by atoms with Crippen LogP contribution in [0.5, 0.6) is 5.75 Å². The standard InChI is InChI=1S/C20H16F4N2O2/c1-28-14-8-4-11-5-9-15-17(16(11)10-14)25-26(19(27)20(22,23)24)18(15)12-2-6-13(21)7-3-12/h2-4,6-8,10,15,18H,5,9H2,1H3/t15-,18+/m1/s1. The number of hydrogen-bond acceptors (Lipinski definition) is 3. The normalized spacial score (nSPS) is 21.0. The van der Waals surface area contributed by atoms with Crippen LogP contribution in [0.2, 0.25) is 0 Å². The van der Waals surface area contributed by atoms with E-state index in [1.165, 1.54) is 31.4 Å². The molecule has 0 saturated heterocycles. The molecule has 1 aliphatic carbocycles. The van der Waals surface area contributed by atoms with Gasteiger partial charge in [0, 0.05) is 11.5 Å². The summed E-state index contributed by atoms with van der Waals surface area (Å²) < 4.78 is 58.2. The molecule has 2 aromatic rings. The van der Waals surface area contributed by atoms with E-state index in [1.54, 1.807) is 12.1 Å². The summed E-state index contributed by atoms with van der Waals surface area (Å²) >= 11 is 0. The van der Waals surface area contributed by atoms with Crippen LogP contribution < -0.4 is 4.74 Å². The zero-order chi connectivity index (χ0) is 20.1. The second-order valence-corrected chi connectivity index (χ2v) is 6.80. The summed E-state index contributed by atoms with van der Waals surface area (Å²) in [6.07, 6.45) is -3.90. The van der Waals surface area contributed by atoms with Gasteiger partial charge in [-0.25, -0.2) is 9.40 Å². The number of hydrazone groups is 1. The highest BCUT2D eigenvalue weighted by atomic mass is 19.4. The van der Waals surface area contributed by atoms with Crippen molar-refractivity contribution in [3.05, 3.63) is 65.0 Å². The predicted molar refractivity (Wildman–Crippen MR) is 93.4 cm³/mol. The molecule has 0 saturated carbocycles. The molecule has 0 unspecified atom stereocenters. The largest absolute Gasteiger partial charge is 0.497 e. The van der Waals surface area contributed by atoms with Gasteiger partial charge in [-0.1, -0.05) is 18.2 Å². The molecular formula is C20H16F4N2O2. The molecule has 8 heteroatoms. The Morgan fingerprint density at radius 2 is 1.89 bits per heavy atom. The summed E-state index contributed by atoms with van der Waals surface area (Å²) in [6, 6.07) is 9.56. The van der Waals surface area contributed by atoms with Crippen molar-refractivity contribution in [1.29, 1.82) is 0 Å². The summed E-state index contributed by atoms with van der Waals surface area (Å²) in [4.78, 5) is 12.1. The van der Waals surface area contributed by atoms with Crippen molar-refractivity contribution in [3.8, 4) is 5.75 Å². The van der Waals surface area contributed by atoms with Crippen molar-refractivity contribution in [1.82, 2.24) is 5.01 Å². The number of ether oxygens (including phenoxy) is 1. The van der Waals surface area contributed by atoms with E-state index in [4.69, 9.17) is 4.74 Å². The maximum Gasteiger partial charge on any atom is 0.473 e. The molecule has 1 amide bonds. The second-order valence-electron chi connectivity index (χ2n) is 6.80. The molecule has 0 radical (unpaired) electrons. The van der Waals surface area contributed by atoms with Crippen molar-refractivity contribution >= 4 is 11.6 Å². The first-order valence-electron chi connectivity index (χ1n) is 8.71. The number of carbonyl (C=O) groups excluding carboxylic acids is 1. The molecule has 0 aromatic heterocycles. The molecule has 1 heterocycles. The number of carbonyl (C=O) groups is 1. The Kier molecular flexibility index (Phi) is 4.36. The molecule has 28 heavy (non-hydrogen) atoms. The fourth-order valence-electron chi connectivity index (χ4n) is 3.91. The number of methoxy groups -OCH3 is 1. The Hall–Kier alpha value is -2.90. The number of halogens is 4. The number of aryl methyl sites for hydroxylation is 1. The van der Waals surface area contributed by atoms with Crippen LogP contribution in [0.4, 0.5) is 17.6 Å². The first-order valence-corrected chi connectivity index (χ1v) is 8.71. The molecule has 4 rings (SSSR count). The van der Waals surface area contributed by atoms with Crippen LogP contribution in [-0.4, -0.2) is 29.9 Å². The lowest BCUT2D eigenvalue weighted by atomic mass is 9.77. The first kappa shape index (κ1) is 18.5. The van der Waals surface area contributed by atoms with Crippen molar-refractivity contribution < 1.29 is 27.1 Å². The molecule has 1 aliphatic heterocycles. The van der Waals surface area contributed by atoms with Crippen LogP contribution >= 0.6 is 0 Å².